The Balaban J connectivity index is 2.30. The number of aromatic nitrogens is 3. The van der Waals surface area contributed by atoms with Gasteiger partial charge in [0.15, 0.2) is 14.9 Å². The minimum atomic E-state index is -3.35. The molecular weight excluding hydrogens is 316 g/mol. The molecular formula is C12H11ClN4O3S. The molecule has 0 spiro atoms. The van der Waals surface area contributed by atoms with Crippen molar-refractivity contribution < 1.29 is 13.2 Å². The Hall–Kier alpha value is -2.06. The van der Waals surface area contributed by atoms with E-state index < -0.39 is 9.84 Å². The van der Waals surface area contributed by atoms with E-state index in [0.29, 0.717) is 23.4 Å². The Kier molecular flexibility index (Phi) is 4.49. The van der Waals surface area contributed by atoms with Gasteiger partial charge in [0.05, 0.1) is 11.9 Å². The third kappa shape index (κ3) is 3.73. The van der Waals surface area contributed by atoms with Crippen LogP contribution in [0.1, 0.15) is 5.56 Å². The summed E-state index contributed by atoms with van der Waals surface area (Å²) < 4.78 is 22.7. The van der Waals surface area contributed by atoms with Crippen molar-refractivity contribution in [2.24, 2.45) is 0 Å². The predicted molar refractivity (Wildman–Crippen MR) is 77.4 cm³/mol. The number of anilines is 2. The van der Waals surface area contributed by atoms with Crippen LogP contribution in [0.4, 0.5) is 11.5 Å². The van der Waals surface area contributed by atoms with E-state index in [4.69, 9.17) is 11.6 Å². The minimum absolute atomic E-state index is 0.0260. The summed E-state index contributed by atoms with van der Waals surface area (Å²) in [4.78, 5) is 22.3. The summed E-state index contributed by atoms with van der Waals surface area (Å²) >= 11 is 5.91. The standard InChI is InChI=1S/C12H11ClN4O3S/c1-21(19,20)10-3-2-8(6-14-10)17-12-9(4-5-18)11(13)15-7-16-12/h2-3,5-7H,4H2,1H3,(H,15,16,17). The number of pyridine rings is 1. The van der Waals surface area contributed by atoms with Gasteiger partial charge >= 0.3 is 0 Å². The molecule has 0 aliphatic heterocycles. The highest BCUT2D eigenvalue weighted by Crippen LogP contribution is 2.23. The van der Waals surface area contributed by atoms with Gasteiger partial charge in [-0.1, -0.05) is 11.6 Å². The van der Waals surface area contributed by atoms with Crippen molar-refractivity contribution in [2.75, 3.05) is 11.6 Å². The molecule has 0 aliphatic rings. The maximum absolute atomic E-state index is 11.3. The first kappa shape index (κ1) is 15.3. The summed E-state index contributed by atoms with van der Waals surface area (Å²) in [5.41, 5.74) is 0.977. The normalized spacial score (nSPS) is 11.1. The highest BCUT2D eigenvalue weighted by atomic mass is 35.5. The zero-order chi connectivity index (χ0) is 15.5. The molecule has 0 bridgehead atoms. The van der Waals surface area contributed by atoms with Gasteiger partial charge < -0.3 is 10.1 Å². The molecule has 2 heterocycles. The number of hydrogen-bond donors (Lipinski definition) is 1. The molecule has 0 fully saturated rings. The van der Waals surface area contributed by atoms with Crippen LogP contribution in [0.2, 0.25) is 5.15 Å². The number of rotatable bonds is 5. The molecule has 0 aliphatic carbocycles. The Morgan fingerprint density at radius 3 is 2.62 bits per heavy atom. The SMILES string of the molecule is CS(=O)(=O)c1ccc(Nc2ncnc(Cl)c2CC=O)cn1. The largest absolute Gasteiger partial charge is 0.339 e. The highest BCUT2D eigenvalue weighted by molar-refractivity contribution is 7.90. The molecule has 0 atom stereocenters. The summed E-state index contributed by atoms with van der Waals surface area (Å²) in [6, 6.07) is 2.92. The molecule has 0 amide bonds. The molecule has 2 rings (SSSR count). The first-order chi connectivity index (χ1) is 9.91. The number of sulfone groups is 1. The summed E-state index contributed by atoms with van der Waals surface area (Å²) in [5, 5.41) is 3.08. The average molecular weight is 327 g/mol. The van der Waals surface area contributed by atoms with E-state index in [0.717, 1.165) is 6.26 Å². The van der Waals surface area contributed by atoms with Gasteiger partial charge in [-0.15, -0.1) is 0 Å². The zero-order valence-corrected chi connectivity index (χ0v) is 12.5. The second kappa shape index (κ2) is 6.15. The number of carbonyl (C=O) groups excluding carboxylic acids is 1. The van der Waals surface area contributed by atoms with Crippen LogP contribution in [0, 0.1) is 0 Å². The topological polar surface area (TPSA) is 102 Å². The number of nitrogens with zero attached hydrogens (tertiary/aromatic N) is 3. The van der Waals surface area contributed by atoms with E-state index in [1.807, 2.05) is 0 Å². The van der Waals surface area contributed by atoms with Crippen molar-refractivity contribution in [1.82, 2.24) is 15.0 Å². The minimum Gasteiger partial charge on any atom is -0.339 e. The lowest BCUT2D eigenvalue weighted by Gasteiger charge is -2.10. The van der Waals surface area contributed by atoms with Gasteiger partial charge in [0.2, 0.25) is 0 Å². The number of aldehydes is 1. The second-order valence-corrected chi connectivity index (χ2v) is 6.47. The van der Waals surface area contributed by atoms with E-state index >= 15 is 0 Å². The number of hydrogen-bond acceptors (Lipinski definition) is 7. The fraction of sp³-hybridized carbons (Fsp3) is 0.167. The summed E-state index contributed by atoms with van der Waals surface area (Å²) in [7, 11) is -3.35. The molecule has 0 unspecified atom stereocenters. The first-order valence-corrected chi connectivity index (χ1v) is 8.05. The van der Waals surface area contributed by atoms with Crippen LogP contribution in [-0.2, 0) is 21.1 Å². The quantitative estimate of drug-likeness (QED) is 0.654. The van der Waals surface area contributed by atoms with Crippen LogP contribution in [0.3, 0.4) is 0 Å². The van der Waals surface area contributed by atoms with Crippen LogP contribution in [0.5, 0.6) is 0 Å². The van der Waals surface area contributed by atoms with Crippen LogP contribution in [0.15, 0.2) is 29.7 Å². The van der Waals surface area contributed by atoms with Crippen LogP contribution in [0.25, 0.3) is 0 Å². The van der Waals surface area contributed by atoms with E-state index in [-0.39, 0.29) is 16.6 Å². The lowest BCUT2D eigenvalue weighted by molar-refractivity contribution is -0.107. The van der Waals surface area contributed by atoms with E-state index in [2.05, 4.69) is 20.3 Å². The van der Waals surface area contributed by atoms with Gasteiger partial charge in [-0.3, -0.25) is 0 Å². The van der Waals surface area contributed by atoms with Gasteiger partial charge in [-0.2, -0.15) is 0 Å². The van der Waals surface area contributed by atoms with E-state index in [1.54, 1.807) is 6.07 Å². The maximum Gasteiger partial charge on any atom is 0.192 e. The van der Waals surface area contributed by atoms with Crippen molar-refractivity contribution >= 4 is 39.2 Å². The Morgan fingerprint density at radius 2 is 2.05 bits per heavy atom. The molecule has 0 saturated heterocycles. The van der Waals surface area contributed by atoms with Gasteiger partial charge in [0, 0.05) is 18.2 Å². The van der Waals surface area contributed by atoms with Crippen LogP contribution < -0.4 is 5.32 Å². The van der Waals surface area contributed by atoms with Gasteiger partial charge in [-0.25, -0.2) is 23.4 Å². The molecule has 0 saturated carbocycles. The van der Waals surface area contributed by atoms with Crippen molar-refractivity contribution in [1.29, 1.82) is 0 Å². The first-order valence-electron chi connectivity index (χ1n) is 5.78. The molecule has 2 aromatic heterocycles. The Bertz CT molecular complexity index is 763. The number of carbonyl (C=O) groups is 1. The van der Waals surface area contributed by atoms with Crippen molar-refractivity contribution in [3.05, 3.63) is 35.4 Å². The zero-order valence-electron chi connectivity index (χ0n) is 10.9. The van der Waals surface area contributed by atoms with E-state index in [1.165, 1.54) is 18.6 Å². The lowest BCUT2D eigenvalue weighted by Crippen LogP contribution is -2.04. The van der Waals surface area contributed by atoms with Crippen molar-refractivity contribution in [3.63, 3.8) is 0 Å². The molecule has 1 N–H and O–H groups in total. The molecule has 21 heavy (non-hydrogen) atoms. The highest BCUT2D eigenvalue weighted by Gasteiger charge is 2.11. The molecule has 0 radical (unpaired) electrons. The van der Waals surface area contributed by atoms with Gasteiger partial charge in [0.25, 0.3) is 0 Å². The average Bonchev–Trinajstić information content (AvgIpc) is 2.42. The third-order valence-corrected chi connectivity index (χ3v) is 3.89. The number of halogens is 1. The molecule has 9 heteroatoms. The Labute approximate surface area is 126 Å². The van der Waals surface area contributed by atoms with Gasteiger partial charge in [-0.05, 0) is 12.1 Å². The maximum atomic E-state index is 11.3. The fourth-order valence-electron chi connectivity index (χ4n) is 1.57. The molecule has 7 nitrogen and oxygen atoms in total. The lowest BCUT2D eigenvalue weighted by atomic mass is 10.2. The molecule has 2 aromatic rings. The monoisotopic (exact) mass is 326 g/mol. The summed E-state index contributed by atoms with van der Waals surface area (Å²) in [5.74, 6) is 0.371. The molecule has 0 aromatic carbocycles. The fourth-order valence-corrected chi connectivity index (χ4v) is 2.34. The number of nitrogens with one attached hydrogen (secondary N) is 1. The van der Waals surface area contributed by atoms with Crippen molar-refractivity contribution in [3.8, 4) is 0 Å². The smallest absolute Gasteiger partial charge is 0.192 e. The van der Waals surface area contributed by atoms with Crippen molar-refractivity contribution in [2.45, 2.75) is 11.4 Å². The second-order valence-electron chi connectivity index (χ2n) is 4.14. The van der Waals surface area contributed by atoms with E-state index in [9.17, 15) is 13.2 Å². The third-order valence-electron chi connectivity index (χ3n) is 2.56. The summed E-state index contributed by atoms with van der Waals surface area (Å²) in [6.45, 7) is 0. The summed E-state index contributed by atoms with van der Waals surface area (Å²) in [6.07, 6.45) is 4.46. The van der Waals surface area contributed by atoms with Crippen LogP contribution in [-0.4, -0.2) is 35.9 Å². The predicted octanol–water partition coefficient (Wildman–Crippen LogP) is 1.41. The molecule has 110 valence electrons. The van der Waals surface area contributed by atoms with Gasteiger partial charge in [0.1, 0.15) is 23.6 Å². The Morgan fingerprint density at radius 1 is 1.29 bits per heavy atom. The van der Waals surface area contributed by atoms with Crippen LogP contribution >= 0.6 is 11.6 Å².